The molecule has 0 spiro atoms. The van der Waals surface area contributed by atoms with E-state index >= 15 is 0 Å². The van der Waals surface area contributed by atoms with Crippen LogP contribution in [0.25, 0.3) is 11.0 Å². The van der Waals surface area contributed by atoms with Crippen molar-refractivity contribution >= 4 is 44.4 Å². The first kappa shape index (κ1) is 22.1. The van der Waals surface area contributed by atoms with Gasteiger partial charge in [-0.25, -0.2) is 13.2 Å². The molecule has 0 saturated carbocycles. The Morgan fingerprint density at radius 2 is 1.91 bits per heavy atom. The van der Waals surface area contributed by atoms with Gasteiger partial charge in [-0.2, -0.15) is 0 Å². The van der Waals surface area contributed by atoms with E-state index in [1.54, 1.807) is 38.1 Å². The van der Waals surface area contributed by atoms with Crippen molar-refractivity contribution in [2.24, 2.45) is 0 Å². The highest BCUT2D eigenvalue weighted by Gasteiger charge is 2.51. The zero-order valence-electron chi connectivity index (χ0n) is 18.7. The molecule has 0 aliphatic carbocycles. The van der Waals surface area contributed by atoms with E-state index in [1.807, 2.05) is 18.2 Å². The Morgan fingerprint density at radius 1 is 1.15 bits per heavy atom. The molecule has 0 bridgehead atoms. The number of fused-ring (bicyclic) bond motifs is 2. The molecule has 5 rings (SSSR count). The third-order valence-electron chi connectivity index (χ3n) is 6.45. The van der Waals surface area contributed by atoms with E-state index in [2.05, 4.69) is 5.32 Å². The van der Waals surface area contributed by atoms with Crippen molar-refractivity contribution in [3.05, 3.63) is 65.4 Å². The molecule has 1 aromatic heterocycles. The molecule has 3 heterocycles. The van der Waals surface area contributed by atoms with Crippen molar-refractivity contribution in [2.45, 2.75) is 25.8 Å². The van der Waals surface area contributed by atoms with Crippen LogP contribution in [0.2, 0.25) is 0 Å². The van der Waals surface area contributed by atoms with E-state index in [-0.39, 0.29) is 11.5 Å². The number of sulfonamides is 1. The summed E-state index contributed by atoms with van der Waals surface area (Å²) in [7, 11) is -3.39. The lowest BCUT2D eigenvalue weighted by molar-refractivity contribution is -0.131. The summed E-state index contributed by atoms with van der Waals surface area (Å²) in [4.78, 5) is 39.7. The number of carbonyl (C=O) groups is 3. The summed E-state index contributed by atoms with van der Waals surface area (Å²) >= 11 is 0. The Morgan fingerprint density at radius 3 is 2.65 bits per heavy atom. The first-order valence-corrected chi connectivity index (χ1v) is 12.5. The van der Waals surface area contributed by atoms with Gasteiger partial charge in [-0.1, -0.05) is 18.2 Å². The summed E-state index contributed by atoms with van der Waals surface area (Å²) in [5, 5.41) is 3.45. The summed E-state index contributed by atoms with van der Waals surface area (Å²) in [6, 6.07) is 13.1. The van der Waals surface area contributed by atoms with Crippen LogP contribution in [-0.2, 0) is 26.8 Å². The van der Waals surface area contributed by atoms with Gasteiger partial charge in [0.05, 0.1) is 18.0 Å². The van der Waals surface area contributed by atoms with Crippen LogP contribution in [0.5, 0.6) is 0 Å². The molecule has 34 heavy (non-hydrogen) atoms. The molecular weight excluding hydrogens is 458 g/mol. The number of hydrogen-bond donors (Lipinski definition) is 1. The number of rotatable bonds is 6. The Balaban J connectivity index is 1.37. The third kappa shape index (κ3) is 3.37. The van der Waals surface area contributed by atoms with Gasteiger partial charge in [0.2, 0.25) is 10.0 Å². The maximum absolute atomic E-state index is 13.2. The van der Waals surface area contributed by atoms with Crippen LogP contribution in [0.15, 0.2) is 52.9 Å². The minimum atomic E-state index is -3.39. The Labute approximate surface area is 196 Å². The lowest BCUT2D eigenvalue weighted by Crippen LogP contribution is -2.41. The van der Waals surface area contributed by atoms with Crippen molar-refractivity contribution in [1.29, 1.82) is 0 Å². The highest BCUT2D eigenvalue weighted by molar-refractivity contribution is 7.92. The quantitative estimate of drug-likeness (QED) is 0.427. The number of ketones is 1. The van der Waals surface area contributed by atoms with Crippen LogP contribution in [0.4, 0.5) is 10.5 Å². The van der Waals surface area contributed by atoms with Crippen LogP contribution in [0.1, 0.15) is 35.5 Å². The second kappa shape index (κ2) is 7.69. The van der Waals surface area contributed by atoms with Gasteiger partial charge in [-0.3, -0.25) is 18.8 Å². The molecule has 1 fully saturated rings. The number of carbonyl (C=O) groups excluding carboxylic acids is 3. The Hall–Kier alpha value is -3.66. The molecule has 3 amide bonds. The fourth-order valence-corrected chi connectivity index (χ4v) is 5.62. The zero-order valence-corrected chi connectivity index (χ0v) is 19.5. The van der Waals surface area contributed by atoms with Crippen LogP contribution >= 0.6 is 0 Å². The lowest BCUT2D eigenvalue weighted by Gasteiger charge is -2.19. The molecule has 1 N–H and O–H groups in total. The number of para-hydroxylation sites is 1. The van der Waals surface area contributed by atoms with Crippen molar-refractivity contribution in [3.8, 4) is 0 Å². The van der Waals surface area contributed by atoms with Crippen LogP contribution in [0, 0.1) is 0 Å². The fraction of sp³-hybridized carbons (Fsp3) is 0.292. The van der Waals surface area contributed by atoms with Gasteiger partial charge < -0.3 is 9.73 Å². The molecule has 2 aromatic carbocycles. The van der Waals surface area contributed by atoms with E-state index in [0.717, 1.165) is 15.8 Å². The molecular formula is C24H23N3O6S. The maximum Gasteiger partial charge on any atom is 0.325 e. The lowest BCUT2D eigenvalue weighted by atomic mass is 9.98. The van der Waals surface area contributed by atoms with E-state index in [0.29, 0.717) is 29.8 Å². The number of amides is 3. The molecule has 3 aromatic rings. The van der Waals surface area contributed by atoms with Gasteiger partial charge in [0.25, 0.3) is 5.91 Å². The summed E-state index contributed by atoms with van der Waals surface area (Å²) < 4.78 is 31.7. The minimum Gasteiger partial charge on any atom is -0.458 e. The predicted molar refractivity (Wildman–Crippen MR) is 125 cm³/mol. The number of furan rings is 1. The van der Waals surface area contributed by atoms with E-state index in [1.165, 1.54) is 10.4 Å². The van der Waals surface area contributed by atoms with Crippen molar-refractivity contribution in [1.82, 2.24) is 10.2 Å². The smallest absolute Gasteiger partial charge is 0.325 e. The number of hydrogen-bond acceptors (Lipinski definition) is 6. The first-order chi connectivity index (χ1) is 16.1. The van der Waals surface area contributed by atoms with Gasteiger partial charge in [0, 0.05) is 17.5 Å². The molecule has 1 saturated heterocycles. The number of nitrogens with zero attached hydrogens (tertiary/aromatic N) is 2. The van der Waals surface area contributed by atoms with Crippen LogP contribution in [-0.4, -0.2) is 49.9 Å². The average Bonchev–Trinajstić information content (AvgIpc) is 3.50. The average molecular weight is 482 g/mol. The maximum atomic E-state index is 13.2. The fourth-order valence-electron chi connectivity index (χ4n) is 4.46. The van der Waals surface area contributed by atoms with Crippen molar-refractivity contribution in [3.63, 3.8) is 0 Å². The van der Waals surface area contributed by atoms with Gasteiger partial charge in [0.1, 0.15) is 11.3 Å². The number of benzene rings is 2. The molecule has 9 nitrogen and oxygen atoms in total. The third-order valence-corrected chi connectivity index (χ3v) is 8.23. The number of Topliss-reactive ketones (excluding diaryl/α,β-unsaturated/α-hetero) is 1. The highest BCUT2D eigenvalue weighted by Crippen LogP contribution is 2.34. The molecule has 1 atom stereocenters. The summed E-state index contributed by atoms with van der Waals surface area (Å²) in [5.74, 6) is -0.719. The molecule has 10 heteroatoms. The van der Waals surface area contributed by atoms with Gasteiger partial charge in [0.15, 0.2) is 11.3 Å². The first-order valence-electron chi connectivity index (χ1n) is 10.9. The number of imide groups is 1. The van der Waals surface area contributed by atoms with Gasteiger partial charge in [-0.15, -0.1) is 0 Å². The van der Waals surface area contributed by atoms with Crippen LogP contribution in [0.3, 0.4) is 0 Å². The Bertz CT molecular complexity index is 1430. The Kier molecular flexibility index (Phi) is 5.01. The molecule has 2 aliphatic rings. The molecule has 1 unspecified atom stereocenters. The SMILES string of the molecule is CCS(=O)(=O)N1CCc2cc(C(=O)CN3C(=O)NC(C)(c4cc5ccccc5o4)C3=O)ccc21. The molecule has 2 aliphatic heterocycles. The largest absolute Gasteiger partial charge is 0.458 e. The van der Waals surface area contributed by atoms with Gasteiger partial charge in [-0.05, 0) is 56.2 Å². The van der Waals surface area contributed by atoms with Crippen LogP contribution < -0.4 is 9.62 Å². The molecule has 176 valence electrons. The highest BCUT2D eigenvalue weighted by atomic mass is 32.2. The summed E-state index contributed by atoms with van der Waals surface area (Å²) in [6.45, 7) is 3.03. The summed E-state index contributed by atoms with van der Waals surface area (Å²) in [6.07, 6.45) is 0.489. The van der Waals surface area contributed by atoms with E-state index < -0.39 is 39.8 Å². The number of anilines is 1. The zero-order chi connectivity index (χ0) is 24.3. The standard InChI is InChI=1S/C24H23N3O6S/c1-3-34(31,32)27-11-10-15-12-16(8-9-18(15)27)19(28)14-26-22(29)24(2,25-23(26)30)21-13-17-6-4-5-7-20(17)33-21/h4-9,12-13H,3,10-11,14H2,1-2H3,(H,25,30). The van der Waals surface area contributed by atoms with Crippen molar-refractivity contribution < 1.29 is 27.2 Å². The monoisotopic (exact) mass is 481 g/mol. The number of nitrogens with one attached hydrogen (secondary N) is 1. The van der Waals surface area contributed by atoms with E-state index in [4.69, 9.17) is 4.42 Å². The van der Waals surface area contributed by atoms with Gasteiger partial charge >= 0.3 is 6.03 Å². The minimum absolute atomic E-state index is 0.0106. The summed E-state index contributed by atoms with van der Waals surface area (Å²) in [5.41, 5.74) is 0.779. The second-order valence-corrected chi connectivity index (χ2v) is 10.8. The number of urea groups is 1. The predicted octanol–water partition coefficient (Wildman–Crippen LogP) is 2.79. The van der Waals surface area contributed by atoms with Crippen molar-refractivity contribution in [2.75, 3.05) is 23.1 Å². The van der Waals surface area contributed by atoms with E-state index in [9.17, 15) is 22.8 Å². The molecule has 0 radical (unpaired) electrons. The topological polar surface area (TPSA) is 117 Å². The normalized spacial score (nSPS) is 20.2. The second-order valence-electron chi connectivity index (χ2n) is 8.58.